The van der Waals surface area contributed by atoms with Gasteiger partial charge in [0.1, 0.15) is 0 Å². The first-order chi connectivity index (χ1) is 9.58. The third kappa shape index (κ3) is 4.67. The van der Waals surface area contributed by atoms with Gasteiger partial charge in [-0.2, -0.15) is 0 Å². The fourth-order valence-electron chi connectivity index (χ4n) is 2.28. The summed E-state index contributed by atoms with van der Waals surface area (Å²) in [5.41, 5.74) is 3.12. The molecular formula is C17H21BrN2O. The van der Waals surface area contributed by atoms with E-state index in [1.165, 1.54) is 0 Å². The molecule has 0 unspecified atom stereocenters. The minimum atomic E-state index is 0. The van der Waals surface area contributed by atoms with Crippen molar-refractivity contribution in [3.63, 3.8) is 0 Å². The highest BCUT2D eigenvalue weighted by atomic mass is 79.9. The Bertz CT molecular complexity index is 579. The third-order valence-corrected chi connectivity index (χ3v) is 3.47. The molecule has 0 spiro atoms. The number of hydrogen-bond acceptors (Lipinski definition) is 1. The molecule has 0 fully saturated rings. The molecule has 3 nitrogen and oxygen atoms in total. The van der Waals surface area contributed by atoms with Crippen LogP contribution in [0.15, 0.2) is 48.8 Å². The molecule has 1 heterocycles. The molecule has 2 aromatic rings. The van der Waals surface area contributed by atoms with E-state index in [1.54, 1.807) is 0 Å². The first-order valence-corrected chi connectivity index (χ1v) is 6.90. The zero-order chi connectivity index (χ0) is 14.5. The highest BCUT2D eigenvalue weighted by Gasteiger charge is 2.17. The molecule has 1 atom stereocenters. The molecule has 0 radical (unpaired) electrons. The SMILES string of the molecule is Cc1cccc(C)c1NC(=O)C[C@H](C)[n+]1ccccc1.[Br-]. The van der Waals surface area contributed by atoms with Crippen LogP contribution in [0, 0.1) is 13.8 Å². The topological polar surface area (TPSA) is 33.0 Å². The zero-order valence-corrected chi connectivity index (χ0v) is 14.2. The van der Waals surface area contributed by atoms with Crippen LogP contribution in [0.1, 0.15) is 30.5 Å². The molecule has 21 heavy (non-hydrogen) atoms. The van der Waals surface area contributed by atoms with Crippen molar-refractivity contribution in [2.24, 2.45) is 0 Å². The van der Waals surface area contributed by atoms with E-state index >= 15 is 0 Å². The Kier molecular flexibility index (Phi) is 6.56. The normalized spacial score (nSPS) is 11.4. The first kappa shape index (κ1) is 17.4. The number of aromatic nitrogens is 1. The van der Waals surface area contributed by atoms with Gasteiger partial charge in [0.15, 0.2) is 18.4 Å². The number of hydrogen-bond donors (Lipinski definition) is 1. The number of anilines is 1. The van der Waals surface area contributed by atoms with Crippen molar-refractivity contribution in [3.05, 3.63) is 59.9 Å². The third-order valence-electron chi connectivity index (χ3n) is 3.47. The largest absolute Gasteiger partial charge is 1.00 e. The molecule has 1 aromatic heterocycles. The van der Waals surface area contributed by atoms with Crippen molar-refractivity contribution >= 4 is 11.6 Å². The predicted octanol–water partition coefficient (Wildman–Crippen LogP) is 0.185. The number of aryl methyl sites for hydroxylation is 2. The van der Waals surface area contributed by atoms with E-state index in [0.717, 1.165) is 16.8 Å². The summed E-state index contributed by atoms with van der Waals surface area (Å²) in [6.07, 6.45) is 4.43. The second-order valence-corrected chi connectivity index (χ2v) is 5.19. The van der Waals surface area contributed by atoms with E-state index in [1.807, 2.05) is 74.1 Å². The Morgan fingerprint density at radius 1 is 1.10 bits per heavy atom. The minimum absolute atomic E-state index is 0. The standard InChI is InChI=1S/C17H20N2O.BrH/c1-13-8-7-9-14(2)17(13)18-16(20)12-15(3)19-10-5-4-6-11-19;/h4-11,15H,12H2,1-3H3;1H/t15-;/m0./s1. The van der Waals surface area contributed by atoms with Crippen LogP contribution in [0.2, 0.25) is 0 Å². The summed E-state index contributed by atoms with van der Waals surface area (Å²) in [6, 6.07) is 12.1. The van der Waals surface area contributed by atoms with Crippen molar-refractivity contribution < 1.29 is 26.3 Å². The highest BCUT2D eigenvalue weighted by molar-refractivity contribution is 5.92. The van der Waals surface area contributed by atoms with Crippen molar-refractivity contribution in [2.75, 3.05) is 5.32 Å². The number of nitrogens with one attached hydrogen (secondary N) is 1. The van der Waals surface area contributed by atoms with Crippen LogP contribution in [0.25, 0.3) is 0 Å². The van der Waals surface area contributed by atoms with Crippen LogP contribution < -0.4 is 26.9 Å². The van der Waals surface area contributed by atoms with Gasteiger partial charge in [-0.1, -0.05) is 24.3 Å². The molecule has 112 valence electrons. The number of nitrogens with zero attached hydrogens (tertiary/aromatic N) is 1. The summed E-state index contributed by atoms with van der Waals surface area (Å²) in [7, 11) is 0. The van der Waals surface area contributed by atoms with Gasteiger partial charge in [0.2, 0.25) is 5.91 Å². The molecule has 1 N–H and O–H groups in total. The van der Waals surface area contributed by atoms with E-state index in [-0.39, 0.29) is 28.9 Å². The lowest BCUT2D eigenvalue weighted by molar-refractivity contribution is -0.718. The van der Waals surface area contributed by atoms with Crippen molar-refractivity contribution in [2.45, 2.75) is 33.2 Å². The maximum atomic E-state index is 12.2. The maximum Gasteiger partial charge on any atom is 0.231 e. The molecular weight excluding hydrogens is 328 g/mol. The molecule has 2 rings (SSSR count). The summed E-state index contributed by atoms with van der Waals surface area (Å²) in [6.45, 7) is 6.07. The summed E-state index contributed by atoms with van der Waals surface area (Å²) < 4.78 is 2.05. The Balaban J connectivity index is 0.00000220. The fourth-order valence-corrected chi connectivity index (χ4v) is 2.28. The molecule has 0 aliphatic rings. The predicted molar refractivity (Wildman–Crippen MR) is 80.5 cm³/mol. The van der Waals surface area contributed by atoms with E-state index < -0.39 is 0 Å². The molecule has 1 aromatic carbocycles. The van der Waals surface area contributed by atoms with Crippen LogP contribution in [-0.2, 0) is 4.79 Å². The van der Waals surface area contributed by atoms with Gasteiger partial charge in [-0.25, -0.2) is 4.57 Å². The number of pyridine rings is 1. The van der Waals surface area contributed by atoms with Crippen LogP contribution in [0.4, 0.5) is 5.69 Å². The Labute approximate surface area is 136 Å². The minimum Gasteiger partial charge on any atom is -1.00 e. The van der Waals surface area contributed by atoms with E-state index in [9.17, 15) is 4.79 Å². The number of benzene rings is 1. The first-order valence-electron chi connectivity index (χ1n) is 6.90. The average Bonchev–Trinajstić information content (AvgIpc) is 2.44. The highest BCUT2D eigenvalue weighted by Crippen LogP contribution is 2.20. The van der Waals surface area contributed by atoms with Gasteiger partial charge in [-0.05, 0) is 31.9 Å². The summed E-state index contributed by atoms with van der Waals surface area (Å²) in [4.78, 5) is 12.2. The molecule has 0 aliphatic heterocycles. The lowest BCUT2D eigenvalue weighted by Crippen LogP contribution is -3.00. The van der Waals surface area contributed by atoms with Crippen LogP contribution >= 0.6 is 0 Å². The lowest BCUT2D eigenvalue weighted by Gasteiger charge is -2.12. The second-order valence-electron chi connectivity index (χ2n) is 5.19. The Hall–Kier alpha value is -1.68. The van der Waals surface area contributed by atoms with Crippen molar-refractivity contribution in [1.82, 2.24) is 0 Å². The smallest absolute Gasteiger partial charge is 0.231 e. The summed E-state index contributed by atoms with van der Waals surface area (Å²) in [5, 5.41) is 3.03. The summed E-state index contributed by atoms with van der Waals surface area (Å²) in [5.74, 6) is 0.0475. The number of para-hydroxylation sites is 1. The number of halogens is 1. The Morgan fingerprint density at radius 3 is 2.24 bits per heavy atom. The van der Waals surface area contributed by atoms with Gasteiger partial charge in [-0.3, -0.25) is 4.79 Å². The number of carbonyl (C=O) groups is 1. The van der Waals surface area contributed by atoms with Crippen molar-refractivity contribution in [1.29, 1.82) is 0 Å². The maximum absolute atomic E-state index is 12.2. The van der Waals surface area contributed by atoms with E-state index in [4.69, 9.17) is 0 Å². The quantitative estimate of drug-likeness (QED) is 0.786. The van der Waals surface area contributed by atoms with Crippen LogP contribution in [0.5, 0.6) is 0 Å². The van der Waals surface area contributed by atoms with Crippen LogP contribution in [-0.4, -0.2) is 5.91 Å². The second kappa shape index (κ2) is 7.93. The van der Waals surface area contributed by atoms with Gasteiger partial charge in [-0.15, -0.1) is 0 Å². The molecule has 0 saturated heterocycles. The Morgan fingerprint density at radius 2 is 1.67 bits per heavy atom. The monoisotopic (exact) mass is 348 g/mol. The van der Waals surface area contributed by atoms with E-state index in [2.05, 4.69) is 5.32 Å². The van der Waals surface area contributed by atoms with Gasteiger partial charge in [0.25, 0.3) is 0 Å². The molecule has 4 heteroatoms. The van der Waals surface area contributed by atoms with Crippen LogP contribution in [0.3, 0.4) is 0 Å². The average molecular weight is 349 g/mol. The molecule has 0 saturated carbocycles. The summed E-state index contributed by atoms with van der Waals surface area (Å²) >= 11 is 0. The van der Waals surface area contributed by atoms with E-state index in [0.29, 0.717) is 6.42 Å². The van der Waals surface area contributed by atoms with Gasteiger partial charge >= 0.3 is 0 Å². The zero-order valence-electron chi connectivity index (χ0n) is 12.6. The van der Waals surface area contributed by atoms with Gasteiger partial charge in [0, 0.05) is 17.8 Å². The number of carbonyl (C=O) groups excluding carboxylic acids is 1. The molecule has 0 aliphatic carbocycles. The number of rotatable bonds is 4. The fraction of sp³-hybridized carbons (Fsp3) is 0.294. The van der Waals surface area contributed by atoms with Gasteiger partial charge < -0.3 is 22.3 Å². The molecule has 0 bridgehead atoms. The number of amides is 1. The lowest BCUT2D eigenvalue weighted by atomic mass is 10.1. The van der Waals surface area contributed by atoms with Gasteiger partial charge in [0.05, 0.1) is 6.42 Å². The molecule has 1 amide bonds. The van der Waals surface area contributed by atoms with Crippen molar-refractivity contribution in [3.8, 4) is 0 Å².